The first-order valence-corrected chi connectivity index (χ1v) is 7.87. The van der Waals surface area contributed by atoms with E-state index in [2.05, 4.69) is 5.32 Å². The van der Waals surface area contributed by atoms with E-state index in [1.807, 2.05) is 38.1 Å². The first-order valence-electron chi connectivity index (χ1n) is 7.87. The molecule has 3 N–H and O–H groups in total. The molecule has 5 nitrogen and oxygen atoms in total. The van der Waals surface area contributed by atoms with Gasteiger partial charge in [-0.2, -0.15) is 0 Å². The van der Waals surface area contributed by atoms with Crippen molar-refractivity contribution in [2.24, 2.45) is 11.7 Å². The molecular formula is C17H25N3O2. The Balaban J connectivity index is 2.22. The lowest BCUT2D eigenvalue weighted by Crippen LogP contribution is -2.53. The van der Waals surface area contributed by atoms with Gasteiger partial charge in [0.25, 0.3) is 0 Å². The third-order valence-electron chi connectivity index (χ3n) is 3.90. The molecular weight excluding hydrogens is 278 g/mol. The minimum absolute atomic E-state index is 0.0393. The molecule has 1 heterocycles. The molecule has 1 unspecified atom stereocenters. The highest BCUT2D eigenvalue weighted by Crippen LogP contribution is 2.24. The van der Waals surface area contributed by atoms with Crippen molar-refractivity contribution in [1.29, 1.82) is 0 Å². The number of hydrogen-bond donors (Lipinski definition) is 2. The largest absolute Gasteiger partial charge is 0.353 e. The minimum Gasteiger partial charge on any atom is -0.353 e. The van der Waals surface area contributed by atoms with Crippen LogP contribution in [0.25, 0.3) is 0 Å². The van der Waals surface area contributed by atoms with Crippen LogP contribution in [-0.2, 0) is 22.6 Å². The first-order chi connectivity index (χ1) is 10.5. The predicted molar refractivity (Wildman–Crippen MR) is 86.0 cm³/mol. The number of nitrogens with two attached hydrogens (primary N) is 1. The number of carbonyl (C=O) groups excluding carboxylic acids is 2. The van der Waals surface area contributed by atoms with Gasteiger partial charge in [-0.25, -0.2) is 0 Å². The van der Waals surface area contributed by atoms with Crippen LogP contribution in [0.3, 0.4) is 0 Å². The second kappa shape index (κ2) is 7.40. The van der Waals surface area contributed by atoms with Gasteiger partial charge in [0.05, 0.1) is 0 Å². The van der Waals surface area contributed by atoms with E-state index in [9.17, 15) is 9.59 Å². The average Bonchev–Trinajstić information content (AvgIpc) is 2.50. The van der Waals surface area contributed by atoms with Crippen molar-refractivity contribution in [1.82, 2.24) is 10.2 Å². The van der Waals surface area contributed by atoms with E-state index in [1.54, 1.807) is 4.90 Å². The van der Waals surface area contributed by atoms with Crippen LogP contribution in [0, 0.1) is 5.92 Å². The highest BCUT2D eigenvalue weighted by atomic mass is 16.2. The minimum atomic E-state index is -0.437. The van der Waals surface area contributed by atoms with Gasteiger partial charge in [-0.05, 0) is 17.0 Å². The second-order valence-electron chi connectivity index (χ2n) is 6.19. The summed E-state index contributed by atoms with van der Waals surface area (Å²) in [6.07, 6.45) is 1.03. The highest BCUT2D eigenvalue weighted by molar-refractivity contribution is 5.88. The Morgan fingerprint density at radius 2 is 2.00 bits per heavy atom. The Morgan fingerprint density at radius 1 is 1.32 bits per heavy atom. The lowest BCUT2D eigenvalue weighted by Gasteiger charge is -2.36. The van der Waals surface area contributed by atoms with Crippen LogP contribution < -0.4 is 11.1 Å². The van der Waals surface area contributed by atoms with E-state index < -0.39 is 6.04 Å². The molecule has 1 aliphatic rings. The van der Waals surface area contributed by atoms with Gasteiger partial charge in [-0.1, -0.05) is 38.1 Å². The molecule has 0 spiro atoms. The smallest absolute Gasteiger partial charge is 0.243 e. The number of fused-ring (bicyclic) bond motifs is 1. The van der Waals surface area contributed by atoms with E-state index >= 15 is 0 Å². The van der Waals surface area contributed by atoms with Gasteiger partial charge in [-0.3, -0.25) is 9.59 Å². The number of nitrogens with one attached hydrogen (secondary N) is 1. The van der Waals surface area contributed by atoms with Crippen LogP contribution in [0.2, 0.25) is 0 Å². The maximum absolute atomic E-state index is 12.5. The average molecular weight is 303 g/mol. The summed E-state index contributed by atoms with van der Waals surface area (Å²) in [4.78, 5) is 26.7. The molecule has 120 valence electrons. The Hall–Kier alpha value is -1.88. The summed E-state index contributed by atoms with van der Waals surface area (Å²) in [6, 6.07) is 7.56. The zero-order valence-electron chi connectivity index (χ0n) is 13.3. The van der Waals surface area contributed by atoms with Crippen molar-refractivity contribution in [2.75, 3.05) is 13.1 Å². The van der Waals surface area contributed by atoms with Gasteiger partial charge in [0.1, 0.15) is 6.04 Å². The van der Waals surface area contributed by atoms with E-state index in [0.717, 1.165) is 11.1 Å². The molecule has 1 aromatic carbocycles. The maximum Gasteiger partial charge on any atom is 0.243 e. The van der Waals surface area contributed by atoms with Gasteiger partial charge in [0, 0.05) is 32.5 Å². The lowest BCUT2D eigenvalue weighted by molar-refractivity contribution is -0.142. The van der Waals surface area contributed by atoms with E-state index in [0.29, 0.717) is 32.5 Å². The number of amides is 2. The second-order valence-corrected chi connectivity index (χ2v) is 6.19. The fourth-order valence-corrected chi connectivity index (χ4v) is 2.80. The Morgan fingerprint density at radius 3 is 2.64 bits per heavy atom. The predicted octanol–water partition coefficient (Wildman–Crippen LogP) is 1.06. The molecule has 0 saturated carbocycles. The van der Waals surface area contributed by atoms with Crippen LogP contribution in [-0.4, -0.2) is 35.8 Å². The summed E-state index contributed by atoms with van der Waals surface area (Å²) in [5.74, 6) is 0.201. The van der Waals surface area contributed by atoms with Gasteiger partial charge in [-0.15, -0.1) is 0 Å². The lowest BCUT2D eigenvalue weighted by atomic mass is 9.92. The SMILES string of the molecule is CC(C)CC(=O)N1Cc2ccccc2CC1C(=O)NCCN. The van der Waals surface area contributed by atoms with Crippen molar-refractivity contribution < 1.29 is 9.59 Å². The van der Waals surface area contributed by atoms with E-state index in [1.165, 1.54) is 0 Å². The molecule has 0 saturated heterocycles. The quantitative estimate of drug-likeness (QED) is 0.854. The molecule has 0 fully saturated rings. The van der Waals surface area contributed by atoms with Crippen LogP contribution in [0.5, 0.6) is 0 Å². The molecule has 1 atom stereocenters. The molecule has 2 rings (SSSR count). The number of hydrogen-bond acceptors (Lipinski definition) is 3. The Kier molecular flexibility index (Phi) is 5.55. The molecule has 1 aliphatic heterocycles. The summed E-state index contributed by atoms with van der Waals surface area (Å²) < 4.78 is 0. The summed E-state index contributed by atoms with van der Waals surface area (Å²) in [7, 11) is 0. The normalized spacial score (nSPS) is 17.3. The third kappa shape index (κ3) is 3.85. The first kappa shape index (κ1) is 16.5. The third-order valence-corrected chi connectivity index (χ3v) is 3.90. The summed E-state index contributed by atoms with van der Waals surface area (Å²) in [6.45, 7) is 5.36. The van der Waals surface area contributed by atoms with Gasteiger partial charge < -0.3 is 16.0 Å². The molecule has 22 heavy (non-hydrogen) atoms. The summed E-state index contributed by atoms with van der Waals surface area (Å²) >= 11 is 0. The zero-order valence-corrected chi connectivity index (χ0v) is 13.3. The fraction of sp³-hybridized carbons (Fsp3) is 0.529. The Bertz CT molecular complexity index is 542. The maximum atomic E-state index is 12.5. The summed E-state index contributed by atoms with van der Waals surface area (Å²) in [5.41, 5.74) is 7.72. The van der Waals surface area contributed by atoms with Crippen molar-refractivity contribution in [3.8, 4) is 0 Å². The molecule has 1 aromatic rings. The standard InChI is InChI=1S/C17H25N3O2/c1-12(2)9-16(21)20-11-14-6-4-3-5-13(14)10-15(20)17(22)19-8-7-18/h3-6,12,15H,7-11,18H2,1-2H3,(H,19,22). The number of nitrogens with zero attached hydrogens (tertiary/aromatic N) is 1. The fourth-order valence-electron chi connectivity index (χ4n) is 2.80. The van der Waals surface area contributed by atoms with Crippen LogP contribution >= 0.6 is 0 Å². The zero-order chi connectivity index (χ0) is 16.1. The number of rotatable bonds is 5. The number of benzene rings is 1. The van der Waals surface area contributed by atoms with Crippen molar-refractivity contribution in [3.63, 3.8) is 0 Å². The highest BCUT2D eigenvalue weighted by Gasteiger charge is 2.34. The van der Waals surface area contributed by atoms with Crippen molar-refractivity contribution in [3.05, 3.63) is 35.4 Å². The van der Waals surface area contributed by atoms with E-state index in [4.69, 9.17) is 5.73 Å². The van der Waals surface area contributed by atoms with Crippen LogP contribution in [0.15, 0.2) is 24.3 Å². The molecule has 0 aliphatic carbocycles. The monoisotopic (exact) mass is 303 g/mol. The van der Waals surface area contributed by atoms with Gasteiger partial charge >= 0.3 is 0 Å². The van der Waals surface area contributed by atoms with Crippen molar-refractivity contribution in [2.45, 2.75) is 39.3 Å². The van der Waals surface area contributed by atoms with E-state index in [-0.39, 0.29) is 17.7 Å². The number of carbonyl (C=O) groups is 2. The Labute approximate surface area is 131 Å². The van der Waals surface area contributed by atoms with Gasteiger partial charge in [0.2, 0.25) is 11.8 Å². The molecule has 0 radical (unpaired) electrons. The molecule has 0 bridgehead atoms. The van der Waals surface area contributed by atoms with Gasteiger partial charge in [0.15, 0.2) is 0 Å². The molecule has 5 heteroatoms. The van der Waals surface area contributed by atoms with Crippen molar-refractivity contribution >= 4 is 11.8 Å². The summed E-state index contributed by atoms with van der Waals surface area (Å²) in [5, 5.41) is 2.81. The topological polar surface area (TPSA) is 75.4 Å². The van der Waals surface area contributed by atoms with Crippen LogP contribution in [0.4, 0.5) is 0 Å². The molecule has 2 amide bonds. The van der Waals surface area contributed by atoms with Crippen LogP contribution in [0.1, 0.15) is 31.4 Å². The molecule has 0 aromatic heterocycles.